The molecule has 0 fully saturated rings. The van der Waals surface area contributed by atoms with E-state index < -0.39 is 6.09 Å². The Balaban J connectivity index is 2.66. The van der Waals surface area contributed by atoms with E-state index in [1.165, 1.54) is 7.11 Å². The number of nitrogens with one attached hydrogen (secondary N) is 2. The number of thiocarbonyl (C=S) groups is 1. The maximum atomic E-state index is 10.9. The first-order valence-corrected chi connectivity index (χ1v) is 5.16. The molecular formula is C11H14N2O2S. The van der Waals surface area contributed by atoms with Crippen molar-refractivity contribution in [3.8, 4) is 0 Å². The number of rotatable bonds is 1. The number of aryl methyl sites for hydroxylation is 2. The van der Waals surface area contributed by atoms with E-state index >= 15 is 0 Å². The third-order valence-electron chi connectivity index (χ3n) is 1.88. The number of anilines is 1. The van der Waals surface area contributed by atoms with Crippen molar-refractivity contribution in [3.05, 3.63) is 29.3 Å². The second kappa shape index (κ2) is 5.46. The van der Waals surface area contributed by atoms with Gasteiger partial charge in [0.25, 0.3) is 0 Å². The van der Waals surface area contributed by atoms with E-state index in [1.54, 1.807) is 0 Å². The number of carbonyl (C=O) groups excluding carboxylic acids is 1. The van der Waals surface area contributed by atoms with Crippen LogP contribution >= 0.6 is 12.2 Å². The van der Waals surface area contributed by atoms with Gasteiger partial charge in [-0.2, -0.15) is 0 Å². The number of hydrogen-bond donors (Lipinski definition) is 2. The van der Waals surface area contributed by atoms with Gasteiger partial charge in [-0.1, -0.05) is 6.07 Å². The van der Waals surface area contributed by atoms with Gasteiger partial charge in [-0.15, -0.1) is 0 Å². The van der Waals surface area contributed by atoms with Gasteiger partial charge in [-0.05, 0) is 49.3 Å². The predicted octanol–water partition coefficient (Wildman–Crippen LogP) is 2.36. The van der Waals surface area contributed by atoms with E-state index in [1.807, 2.05) is 26.0 Å². The second-order valence-electron chi connectivity index (χ2n) is 3.45. The van der Waals surface area contributed by atoms with Gasteiger partial charge >= 0.3 is 6.09 Å². The summed E-state index contributed by atoms with van der Waals surface area (Å²) in [6, 6.07) is 5.94. The third-order valence-corrected chi connectivity index (χ3v) is 2.08. The normalized spacial score (nSPS) is 9.44. The van der Waals surface area contributed by atoms with E-state index in [0.717, 1.165) is 16.8 Å². The molecule has 0 saturated carbocycles. The smallest absolute Gasteiger partial charge is 0.413 e. The van der Waals surface area contributed by atoms with Gasteiger partial charge in [0.2, 0.25) is 0 Å². The Labute approximate surface area is 100.0 Å². The molecule has 4 nitrogen and oxygen atoms in total. The van der Waals surface area contributed by atoms with Crippen LogP contribution in [0.1, 0.15) is 11.1 Å². The molecule has 16 heavy (non-hydrogen) atoms. The maximum Gasteiger partial charge on any atom is 0.413 e. The van der Waals surface area contributed by atoms with Crippen molar-refractivity contribution in [2.75, 3.05) is 12.4 Å². The number of amides is 1. The van der Waals surface area contributed by atoms with Gasteiger partial charge in [0.05, 0.1) is 7.11 Å². The maximum absolute atomic E-state index is 10.9. The summed E-state index contributed by atoms with van der Waals surface area (Å²) < 4.78 is 4.43. The van der Waals surface area contributed by atoms with Crippen LogP contribution < -0.4 is 10.6 Å². The Morgan fingerprint density at radius 3 is 2.31 bits per heavy atom. The lowest BCUT2D eigenvalue weighted by Gasteiger charge is -2.10. The van der Waals surface area contributed by atoms with Crippen LogP contribution in [0.3, 0.4) is 0 Å². The van der Waals surface area contributed by atoms with Crippen LogP contribution in [0.5, 0.6) is 0 Å². The first-order chi connectivity index (χ1) is 7.51. The number of benzene rings is 1. The van der Waals surface area contributed by atoms with Gasteiger partial charge in [-0.3, -0.25) is 5.32 Å². The Morgan fingerprint density at radius 1 is 1.25 bits per heavy atom. The van der Waals surface area contributed by atoms with E-state index in [0.29, 0.717) is 0 Å². The zero-order valence-corrected chi connectivity index (χ0v) is 10.3. The topological polar surface area (TPSA) is 50.4 Å². The number of hydrogen-bond acceptors (Lipinski definition) is 3. The van der Waals surface area contributed by atoms with Crippen LogP contribution in [0.25, 0.3) is 0 Å². The highest BCUT2D eigenvalue weighted by Crippen LogP contribution is 2.13. The number of methoxy groups -OCH3 is 1. The highest BCUT2D eigenvalue weighted by Gasteiger charge is 2.03. The number of carbonyl (C=O) groups is 1. The van der Waals surface area contributed by atoms with Crippen molar-refractivity contribution >= 4 is 29.1 Å². The summed E-state index contributed by atoms with van der Waals surface area (Å²) >= 11 is 4.94. The summed E-state index contributed by atoms with van der Waals surface area (Å²) in [5.74, 6) is 0. The fourth-order valence-electron chi connectivity index (χ4n) is 1.35. The quantitative estimate of drug-likeness (QED) is 0.737. The van der Waals surface area contributed by atoms with Crippen molar-refractivity contribution < 1.29 is 9.53 Å². The number of ether oxygens (including phenoxy) is 1. The lowest BCUT2D eigenvalue weighted by atomic mass is 10.1. The fourth-order valence-corrected chi connectivity index (χ4v) is 1.55. The molecule has 0 aliphatic carbocycles. The van der Waals surface area contributed by atoms with E-state index in [4.69, 9.17) is 12.2 Å². The molecule has 0 radical (unpaired) electrons. The van der Waals surface area contributed by atoms with Gasteiger partial charge in [-0.25, -0.2) is 4.79 Å². The predicted molar refractivity (Wildman–Crippen MR) is 67.7 cm³/mol. The van der Waals surface area contributed by atoms with Crippen LogP contribution in [0.4, 0.5) is 10.5 Å². The van der Waals surface area contributed by atoms with Crippen molar-refractivity contribution in [1.82, 2.24) is 5.32 Å². The first kappa shape index (κ1) is 12.4. The van der Waals surface area contributed by atoms with Crippen LogP contribution in [0, 0.1) is 13.8 Å². The molecule has 0 aromatic heterocycles. The van der Waals surface area contributed by atoms with Gasteiger partial charge in [0.15, 0.2) is 5.11 Å². The minimum atomic E-state index is -0.582. The number of alkyl carbamates (subject to hydrolysis) is 1. The monoisotopic (exact) mass is 238 g/mol. The minimum Gasteiger partial charge on any atom is -0.453 e. The Hall–Kier alpha value is -1.62. The van der Waals surface area contributed by atoms with E-state index in [9.17, 15) is 4.79 Å². The van der Waals surface area contributed by atoms with Gasteiger partial charge < -0.3 is 10.1 Å². The summed E-state index contributed by atoms with van der Waals surface area (Å²) in [5, 5.41) is 5.50. The molecule has 0 aliphatic rings. The molecular weight excluding hydrogens is 224 g/mol. The molecule has 5 heteroatoms. The Morgan fingerprint density at radius 2 is 1.81 bits per heavy atom. The molecule has 0 bridgehead atoms. The van der Waals surface area contributed by atoms with Gasteiger partial charge in [0.1, 0.15) is 0 Å². The molecule has 0 atom stereocenters. The molecule has 1 aromatic carbocycles. The average Bonchev–Trinajstić information content (AvgIpc) is 2.15. The molecule has 86 valence electrons. The molecule has 1 rings (SSSR count). The Bertz CT molecular complexity index is 398. The van der Waals surface area contributed by atoms with E-state index in [-0.39, 0.29) is 5.11 Å². The minimum absolute atomic E-state index is 0.219. The zero-order valence-electron chi connectivity index (χ0n) is 9.46. The molecule has 0 saturated heterocycles. The second-order valence-corrected chi connectivity index (χ2v) is 3.86. The summed E-state index contributed by atoms with van der Waals surface area (Å²) in [5.41, 5.74) is 3.10. The van der Waals surface area contributed by atoms with Crippen LogP contribution in [0.2, 0.25) is 0 Å². The summed E-state index contributed by atoms with van der Waals surface area (Å²) in [6.45, 7) is 3.99. The highest BCUT2D eigenvalue weighted by molar-refractivity contribution is 7.80. The lowest BCUT2D eigenvalue weighted by molar-refractivity contribution is 0.177. The van der Waals surface area contributed by atoms with Crippen LogP contribution in [-0.4, -0.2) is 18.3 Å². The molecule has 0 heterocycles. The van der Waals surface area contributed by atoms with E-state index in [2.05, 4.69) is 21.4 Å². The van der Waals surface area contributed by atoms with Gasteiger partial charge in [0, 0.05) is 5.69 Å². The van der Waals surface area contributed by atoms with Crippen molar-refractivity contribution in [2.24, 2.45) is 0 Å². The SMILES string of the molecule is COC(=O)NC(=S)Nc1cc(C)cc(C)c1. The summed E-state index contributed by atoms with van der Waals surface area (Å²) in [4.78, 5) is 10.9. The molecule has 1 amide bonds. The fraction of sp³-hybridized carbons (Fsp3) is 0.273. The highest BCUT2D eigenvalue weighted by atomic mass is 32.1. The Kier molecular flexibility index (Phi) is 4.25. The van der Waals surface area contributed by atoms with Crippen molar-refractivity contribution in [2.45, 2.75) is 13.8 Å². The molecule has 2 N–H and O–H groups in total. The van der Waals surface area contributed by atoms with Crippen LogP contribution in [-0.2, 0) is 4.74 Å². The standard InChI is InChI=1S/C11H14N2O2S/c1-7-4-8(2)6-9(5-7)12-10(16)13-11(14)15-3/h4-6H,1-3H3,(H2,12,13,14,16). The molecule has 1 aromatic rings. The average molecular weight is 238 g/mol. The molecule has 0 spiro atoms. The third kappa shape index (κ3) is 3.86. The largest absolute Gasteiger partial charge is 0.453 e. The summed E-state index contributed by atoms with van der Waals surface area (Å²) in [6.07, 6.45) is -0.582. The lowest BCUT2D eigenvalue weighted by Crippen LogP contribution is -2.33. The zero-order chi connectivity index (χ0) is 12.1. The first-order valence-electron chi connectivity index (χ1n) is 4.75. The van der Waals surface area contributed by atoms with Crippen molar-refractivity contribution in [3.63, 3.8) is 0 Å². The summed E-state index contributed by atoms with van der Waals surface area (Å²) in [7, 11) is 1.29. The van der Waals surface area contributed by atoms with Crippen LogP contribution in [0.15, 0.2) is 18.2 Å². The molecule has 0 aliphatic heterocycles. The van der Waals surface area contributed by atoms with Crippen molar-refractivity contribution in [1.29, 1.82) is 0 Å². The molecule has 0 unspecified atom stereocenters.